The van der Waals surface area contributed by atoms with Crippen LogP contribution in [0.15, 0.2) is 18.9 Å². The fraction of sp³-hybridized carbons (Fsp3) is 0.357. The highest BCUT2D eigenvalue weighted by Crippen LogP contribution is 2.01. The highest BCUT2D eigenvalue weighted by molar-refractivity contribution is 5.68. The molecule has 0 atom stereocenters. The second-order valence-electron chi connectivity index (χ2n) is 4.22. The molecule has 1 heterocycles. The zero-order chi connectivity index (χ0) is 12.1. The van der Waals surface area contributed by atoms with Gasteiger partial charge in [-0.2, -0.15) is 5.26 Å². The van der Waals surface area contributed by atoms with E-state index in [1.807, 2.05) is 19.2 Å². The van der Waals surface area contributed by atoms with Crippen LogP contribution < -0.4 is 10.6 Å². The molecule has 16 heavy (non-hydrogen) atoms. The lowest BCUT2D eigenvalue weighted by molar-refractivity contribution is 0.646. The maximum Gasteiger partial charge on any atom is 0.101 e. The fourth-order valence-corrected chi connectivity index (χ4v) is 1.84. The van der Waals surface area contributed by atoms with Gasteiger partial charge in [-0.15, -0.1) is 0 Å². The summed E-state index contributed by atoms with van der Waals surface area (Å²) in [7, 11) is 0. The van der Waals surface area contributed by atoms with Gasteiger partial charge in [-0.1, -0.05) is 26.5 Å². The lowest BCUT2D eigenvalue weighted by Gasteiger charge is -2.00. The third-order valence-corrected chi connectivity index (χ3v) is 2.52. The minimum absolute atomic E-state index is 0.600. The molecule has 0 saturated carbocycles. The number of nitriles is 1. The average Bonchev–Trinajstić information content (AvgIpc) is 2.62. The first-order chi connectivity index (χ1) is 7.63. The molecule has 0 saturated heterocycles. The van der Waals surface area contributed by atoms with Crippen LogP contribution in [0.5, 0.6) is 0 Å². The Labute approximate surface area is 96.6 Å². The maximum absolute atomic E-state index is 9.00. The number of hydrogen-bond donors (Lipinski definition) is 1. The number of hydrogen-bond acceptors (Lipinski definition) is 1. The molecule has 0 aromatic carbocycles. The highest BCUT2D eigenvalue weighted by atomic mass is 14.7. The summed E-state index contributed by atoms with van der Waals surface area (Å²) in [6.45, 7) is 10.0. The summed E-state index contributed by atoms with van der Waals surface area (Å²) in [6.07, 6.45) is 6.65. The molecule has 84 valence electrons. The largest absolute Gasteiger partial charge is 0.360 e. The summed E-state index contributed by atoms with van der Waals surface area (Å²) in [6, 6.07) is 2.16. The van der Waals surface area contributed by atoms with Crippen LogP contribution in [0.25, 0.3) is 11.6 Å². The number of nitrogens with one attached hydrogen (secondary N) is 1. The van der Waals surface area contributed by atoms with Crippen molar-refractivity contribution in [3.05, 3.63) is 35.0 Å². The molecule has 0 aliphatic rings. The van der Waals surface area contributed by atoms with Crippen LogP contribution in [0.3, 0.4) is 0 Å². The SMILES string of the molecule is C=C/C(C#N)=c1/[nH]cc(CC(C)C)/c1=C/C. The van der Waals surface area contributed by atoms with E-state index in [4.69, 9.17) is 5.26 Å². The van der Waals surface area contributed by atoms with Gasteiger partial charge in [0.15, 0.2) is 0 Å². The number of rotatable bonds is 3. The van der Waals surface area contributed by atoms with Crippen molar-refractivity contribution in [1.29, 1.82) is 5.26 Å². The van der Waals surface area contributed by atoms with Crippen molar-refractivity contribution in [1.82, 2.24) is 4.98 Å². The molecule has 2 nitrogen and oxygen atoms in total. The van der Waals surface area contributed by atoms with Gasteiger partial charge in [0.2, 0.25) is 0 Å². The number of aromatic amines is 1. The zero-order valence-electron chi connectivity index (χ0n) is 10.2. The Bertz CT molecular complexity index is 524. The summed E-state index contributed by atoms with van der Waals surface area (Å²) in [4.78, 5) is 3.17. The van der Waals surface area contributed by atoms with E-state index in [-0.39, 0.29) is 0 Å². The van der Waals surface area contributed by atoms with Gasteiger partial charge in [-0.05, 0) is 36.1 Å². The maximum atomic E-state index is 9.00. The van der Waals surface area contributed by atoms with E-state index in [9.17, 15) is 0 Å². The molecule has 1 N–H and O–H groups in total. The van der Waals surface area contributed by atoms with Crippen LogP contribution in [0.2, 0.25) is 0 Å². The van der Waals surface area contributed by atoms with Gasteiger partial charge < -0.3 is 4.98 Å². The number of allylic oxidation sites excluding steroid dienone is 1. The standard InChI is InChI=1S/C14H18N2/c1-5-11(8-15)14-13(6-2)12(9-16-14)7-10(3)4/h5-6,9-10,16H,1,7H2,2-4H3/b13-6-,14-11-. The summed E-state index contributed by atoms with van der Waals surface area (Å²) in [5.41, 5.74) is 1.87. The Kier molecular flexibility index (Phi) is 4.13. The van der Waals surface area contributed by atoms with E-state index in [0.29, 0.717) is 11.5 Å². The smallest absolute Gasteiger partial charge is 0.101 e. The Morgan fingerprint density at radius 1 is 1.62 bits per heavy atom. The van der Waals surface area contributed by atoms with E-state index >= 15 is 0 Å². The monoisotopic (exact) mass is 214 g/mol. The molecule has 0 bridgehead atoms. The third kappa shape index (κ3) is 2.43. The van der Waals surface area contributed by atoms with E-state index in [2.05, 4.69) is 31.5 Å². The molecule has 0 aliphatic carbocycles. The zero-order valence-corrected chi connectivity index (χ0v) is 10.2. The van der Waals surface area contributed by atoms with Crippen molar-refractivity contribution in [2.45, 2.75) is 27.2 Å². The van der Waals surface area contributed by atoms with Crippen LogP contribution >= 0.6 is 0 Å². The third-order valence-electron chi connectivity index (χ3n) is 2.52. The van der Waals surface area contributed by atoms with E-state index in [1.165, 1.54) is 5.56 Å². The van der Waals surface area contributed by atoms with Crippen molar-refractivity contribution in [3.8, 4) is 6.07 Å². The first-order valence-electron chi connectivity index (χ1n) is 5.53. The van der Waals surface area contributed by atoms with Gasteiger partial charge in [0.1, 0.15) is 6.07 Å². The van der Waals surface area contributed by atoms with Gasteiger partial charge in [-0.25, -0.2) is 0 Å². The van der Waals surface area contributed by atoms with Crippen LogP contribution in [-0.2, 0) is 6.42 Å². The van der Waals surface area contributed by atoms with Gasteiger partial charge >= 0.3 is 0 Å². The van der Waals surface area contributed by atoms with Gasteiger partial charge in [-0.3, -0.25) is 0 Å². The predicted octanol–water partition coefficient (Wildman–Crippen LogP) is 1.87. The van der Waals surface area contributed by atoms with Crippen molar-refractivity contribution >= 4 is 11.6 Å². The lowest BCUT2D eigenvalue weighted by Crippen LogP contribution is -2.27. The number of nitrogens with zero attached hydrogens (tertiary/aromatic N) is 1. The molecule has 0 amide bonds. The van der Waals surface area contributed by atoms with Gasteiger partial charge in [0.25, 0.3) is 0 Å². The first kappa shape index (κ1) is 12.3. The Morgan fingerprint density at radius 2 is 2.31 bits per heavy atom. The molecular formula is C14H18N2. The van der Waals surface area contributed by atoms with Crippen molar-refractivity contribution < 1.29 is 0 Å². The Balaban J connectivity index is 3.49. The molecule has 2 heteroatoms. The van der Waals surface area contributed by atoms with Crippen molar-refractivity contribution in [3.63, 3.8) is 0 Å². The topological polar surface area (TPSA) is 39.6 Å². The molecule has 1 aromatic rings. The Hall–Kier alpha value is -1.75. The molecule has 1 aromatic heterocycles. The molecule has 0 spiro atoms. The second kappa shape index (κ2) is 5.37. The summed E-state index contributed by atoms with van der Waals surface area (Å²) >= 11 is 0. The average molecular weight is 214 g/mol. The normalized spacial score (nSPS) is 13.8. The van der Waals surface area contributed by atoms with E-state index < -0.39 is 0 Å². The van der Waals surface area contributed by atoms with Gasteiger partial charge in [0, 0.05) is 6.20 Å². The summed E-state index contributed by atoms with van der Waals surface area (Å²) in [5, 5.41) is 11.0. The quantitative estimate of drug-likeness (QED) is 0.819. The summed E-state index contributed by atoms with van der Waals surface area (Å²) in [5.74, 6) is 0.608. The minimum Gasteiger partial charge on any atom is -0.360 e. The minimum atomic E-state index is 0.600. The fourth-order valence-electron chi connectivity index (χ4n) is 1.84. The predicted molar refractivity (Wildman–Crippen MR) is 67.9 cm³/mol. The Morgan fingerprint density at radius 3 is 2.75 bits per heavy atom. The van der Waals surface area contributed by atoms with E-state index in [0.717, 1.165) is 17.0 Å². The van der Waals surface area contributed by atoms with Crippen LogP contribution in [0.1, 0.15) is 26.3 Å². The van der Waals surface area contributed by atoms with Crippen LogP contribution in [-0.4, -0.2) is 4.98 Å². The molecule has 1 rings (SSSR count). The first-order valence-corrected chi connectivity index (χ1v) is 5.53. The molecule has 0 fully saturated rings. The highest BCUT2D eigenvalue weighted by Gasteiger charge is 2.04. The molecular weight excluding hydrogens is 196 g/mol. The number of aromatic nitrogens is 1. The molecule has 0 aliphatic heterocycles. The summed E-state index contributed by atoms with van der Waals surface area (Å²) < 4.78 is 0. The molecule has 0 radical (unpaired) electrons. The van der Waals surface area contributed by atoms with Crippen molar-refractivity contribution in [2.24, 2.45) is 5.92 Å². The van der Waals surface area contributed by atoms with Crippen molar-refractivity contribution in [2.75, 3.05) is 0 Å². The lowest BCUT2D eigenvalue weighted by atomic mass is 10.0. The van der Waals surface area contributed by atoms with Crippen LogP contribution in [0.4, 0.5) is 0 Å². The van der Waals surface area contributed by atoms with Gasteiger partial charge in [0.05, 0.1) is 10.9 Å². The number of H-pyrrole nitrogens is 1. The van der Waals surface area contributed by atoms with E-state index in [1.54, 1.807) is 6.08 Å². The molecule has 0 unspecified atom stereocenters. The second-order valence-corrected chi connectivity index (χ2v) is 4.22. The van der Waals surface area contributed by atoms with Crippen LogP contribution in [0, 0.1) is 17.2 Å².